The van der Waals surface area contributed by atoms with Crippen molar-refractivity contribution in [2.24, 2.45) is 0 Å². The lowest BCUT2D eigenvalue weighted by atomic mass is 10.1. The van der Waals surface area contributed by atoms with E-state index in [9.17, 15) is 9.18 Å². The minimum atomic E-state index is -0.942. The van der Waals surface area contributed by atoms with E-state index in [0.29, 0.717) is 17.0 Å². The Bertz CT molecular complexity index is 607. The fourth-order valence-corrected chi connectivity index (χ4v) is 1.82. The van der Waals surface area contributed by atoms with Gasteiger partial charge in [0.15, 0.2) is 11.6 Å². The van der Waals surface area contributed by atoms with Crippen LogP contribution in [0.2, 0.25) is 0 Å². The summed E-state index contributed by atoms with van der Waals surface area (Å²) in [5.41, 5.74) is 1.75. The Morgan fingerprint density at radius 2 is 2.22 bits per heavy atom. The highest BCUT2D eigenvalue weighted by Crippen LogP contribution is 2.18. The van der Waals surface area contributed by atoms with Gasteiger partial charge in [0.25, 0.3) is 0 Å². The van der Waals surface area contributed by atoms with Gasteiger partial charge in [-0.05, 0) is 26.0 Å². The summed E-state index contributed by atoms with van der Waals surface area (Å²) in [5, 5.41) is 13.0. The molecule has 5 nitrogen and oxygen atoms in total. The zero-order valence-corrected chi connectivity index (χ0v) is 10.0. The van der Waals surface area contributed by atoms with Gasteiger partial charge in [-0.3, -0.25) is 4.79 Å². The number of aryl methyl sites for hydroxylation is 1. The summed E-state index contributed by atoms with van der Waals surface area (Å²) in [4.78, 5) is 14.7. The van der Waals surface area contributed by atoms with Gasteiger partial charge < -0.3 is 5.11 Å². The van der Waals surface area contributed by atoms with Crippen LogP contribution >= 0.6 is 0 Å². The van der Waals surface area contributed by atoms with Gasteiger partial charge in [-0.25, -0.2) is 14.1 Å². The molecule has 18 heavy (non-hydrogen) atoms. The second-order valence-electron chi connectivity index (χ2n) is 3.94. The molecule has 0 aliphatic rings. The molecule has 1 N–H and O–H groups in total. The summed E-state index contributed by atoms with van der Waals surface area (Å²) in [5.74, 6) is -1.36. The van der Waals surface area contributed by atoms with Gasteiger partial charge in [0, 0.05) is 17.5 Å². The number of pyridine rings is 1. The van der Waals surface area contributed by atoms with Crippen LogP contribution in [0.1, 0.15) is 17.0 Å². The molecule has 0 radical (unpaired) electrons. The zero-order valence-electron chi connectivity index (χ0n) is 10.0. The maximum Gasteiger partial charge on any atom is 0.307 e. The third-order valence-electron chi connectivity index (χ3n) is 2.71. The van der Waals surface area contributed by atoms with E-state index in [2.05, 4.69) is 10.1 Å². The number of carboxylic acids is 1. The first-order chi connectivity index (χ1) is 8.50. The standard InChI is InChI=1S/C12H12FN3O2/c1-7-9(6-11(17)18)8(2)16(15-7)12-10(13)4-3-5-14-12/h3-5H,6H2,1-2H3,(H,17,18). The van der Waals surface area contributed by atoms with E-state index in [1.54, 1.807) is 13.8 Å². The average Bonchev–Trinajstić information content (AvgIpc) is 2.57. The summed E-state index contributed by atoms with van der Waals surface area (Å²) < 4.78 is 15.0. The van der Waals surface area contributed by atoms with E-state index in [1.807, 2.05) is 0 Å². The Hall–Kier alpha value is -2.24. The molecule has 0 aromatic carbocycles. The van der Waals surface area contributed by atoms with Crippen molar-refractivity contribution in [1.29, 1.82) is 0 Å². The number of halogens is 1. The molecule has 0 spiro atoms. The van der Waals surface area contributed by atoms with Crippen molar-refractivity contribution in [3.05, 3.63) is 41.1 Å². The zero-order chi connectivity index (χ0) is 13.3. The van der Waals surface area contributed by atoms with Crippen LogP contribution in [-0.2, 0) is 11.2 Å². The first kappa shape index (κ1) is 12.2. The Morgan fingerprint density at radius 3 is 2.83 bits per heavy atom. The SMILES string of the molecule is Cc1nn(-c2ncccc2F)c(C)c1CC(=O)O. The summed E-state index contributed by atoms with van der Waals surface area (Å²) in [6, 6.07) is 2.78. The molecular weight excluding hydrogens is 237 g/mol. The highest BCUT2D eigenvalue weighted by molar-refractivity contribution is 5.71. The fraction of sp³-hybridized carbons (Fsp3) is 0.250. The molecule has 0 atom stereocenters. The molecule has 0 aliphatic carbocycles. The van der Waals surface area contributed by atoms with Gasteiger partial charge in [0.05, 0.1) is 12.1 Å². The number of aliphatic carboxylic acids is 1. The Kier molecular flexibility index (Phi) is 3.10. The predicted molar refractivity (Wildman–Crippen MR) is 62.1 cm³/mol. The molecule has 0 unspecified atom stereocenters. The van der Waals surface area contributed by atoms with Crippen LogP contribution in [0.25, 0.3) is 5.82 Å². The van der Waals surface area contributed by atoms with Gasteiger partial charge in [-0.15, -0.1) is 0 Å². The lowest BCUT2D eigenvalue weighted by Gasteiger charge is -2.04. The van der Waals surface area contributed by atoms with Gasteiger partial charge >= 0.3 is 5.97 Å². The largest absolute Gasteiger partial charge is 0.481 e. The number of nitrogens with zero attached hydrogens (tertiary/aromatic N) is 3. The number of aromatic nitrogens is 3. The highest BCUT2D eigenvalue weighted by atomic mass is 19.1. The van der Waals surface area contributed by atoms with Gasteiger partial charge in [-0.2, -0.15) is 5.10 Å². The van der Waals surface area contributed by atoms with Crippen LogP contribution in [-0.4, -0.2) is 25.8 Å². The third-order valence-corrected chi connectivity index (χ3v) is 2.71. The number of hydrogen-bond donors (Lipinski definition) is 1. The second kappa shape index (κ2) is 4.56. The van der Waals surface area contributed by atoms with Crippen LogP contribution in [0.4, 0.5) is 4.39 Å². The minimum absolute atomic E-state index is 0.0785. The smallest absolute Gasteiger partial charge is 0.307 e. The van der Waals surface area contributed by atoms with E-state index in [1.165, 1.54) is 23.0 Å². The van der Waals surface area contributed by atoms with E-state index >= 15 is 0 Å². The van der Waals surface area contributed by atoms with Crippen molar-refractivity contribution < 1.29 is 14.3 Å². The van der Waals surface area contributed by atoms with E-state index in [-0.39, 0.29) is 12.2 Å². The van der Waals surface area contributed by atoms with Crippen molar-refractivity contribution in [2.75, 3.05) is 0 Å². The molecule has 0 bridgehead atoms. The van der Waals surface area contributed by atoms with E-state index < -0.39 is 11.8 Å². The molecule has 2 rings (SSSR count). The van der Waals surface area contributed by atoms with Gasteiger partial charge in [-0.1, -0.05) is 0 Å². The molecule has 2 heterocycles. The molecular formula is C12H12FN3O2. The number of hydrogen-bond acceptors (Lipinski definition) is 3. The number of carbonyl (C=O) groups is 1. The molecule has 0 fully saturated rings. The molecule has 0 saturated carbocycles. The van der Waals surface area contributed by atoms with Crippen LogP contribution in [0.3, 0.4) is 0 Å². The maximum atomic E-state index is 13.6. The quantitative estimate of drug-likeness (QED) is 0.898. The molecule has 0 saturated heterocycles. The minimum Gasteiger partial charge on any atom is -0.481 e. The Morgan fingerprint density at radius 1 is 1.50 bits per heavy atom. The Balaban J connectivity index is 2.54. The second-order valence-corrected chi connectivity index (χ2v) is 3.94. The summed E-state index contributed by atoms with van der Waals surface area (Å²) in [7, 11) is 0. The monoisotopic (exact) mass is 249 g/mol. The topological polar surface area (TPSA) is 68.0 Å². The first-order valence-corrected chi connectivity index (χ1v) is 5.38. The molecule has 0 aliphatic heterocycles. The summed E-state index contributed by atoms with van der Waals surface area (Å²) in [6.07, 6.45) is 1.33. The molecule has 2 aromatic rings. The third kappa shape index (κ3) is 2.09. The summed E-state index contributed by atoms with van der Waals surface area (Å²) in [6.45, 7) is 3.40. The highest BCUT2D eigenvalue weighted by Gasteiger charge is 2.17. The first-order valence-electron chi connectivity index (χ1n) is 5.38. The average molecular weight is 249 g/mol. The van der Waals surface area contributed by atoms with Crippen molar-refractivity contribution in [1.82, 2.24) is 14.8 Å². The maximum absolute atomic E-state index is 13.6. The normalized spacial score (nSPS) is 10.6. The number of carboxylic acid groups (broad SMARTS) is 1. The Labute approximate surface area is 103 Å². The molecule has 6 heteroatoms. The predicted octanol–water partition coefficient (Wildman–Crippen LogP) is 1.65. The van der Waals surface area contributed by atoms with Crippen LogP contribution < -0.4 is 0 Å². The fourth-order valence-electron chi connectivity index (χ4n) is 1.82. The molecule has 94 valence electrons. The van der Waals surface area contributed by atoms with E-state index in [4.69, 9.17) is 5.11 Å². The van der Waals surface area contributed by atoms with Crippen LogP contribution in [0, 0.1) is 19.7 Å². The summed E-state index contributed by atoms with van der Waals surface area (Å²) >= 11 is 0. The van der Waals surface area contributed by atoms with Crippen molar-refractivity contribution in [3.63, 3.8) is 0 Å². The van der Waals surface area contributed by atoms with Crippen LogP contribution in [0.5, 0.6) is 0 Å². The van der Waals surface area contributed by atoms with E-state index in [0.717, 1.165) is 0 Å². The lowest BCUT2D eigenvalue weighted by Crippen LogP contribution is -2.06. The van der Waals surface area contributed by atoms with Crippen molar-refractivity contribution >= 4 is 5.97 Å². The lowest BCUT2D eigenvalue weighted by molar-refractivity contribution is -0.136. The number of rotatable bonds is 3. The van der Waals surface area contributed by atoms with Crippen molar-refractivity contribution in [2.45, 2.75) is 20.3 Å². The molecule has 2 aromatic heterocycles. The van der Waals surface area contributed by atoms with Crippen molar-refractivity contribution in [3.8, 4) is 5.82 Å². The molecule has 0 amide bonds. The van der Waals surface area contributed by atoms with Crippen LogP contribution in [0.15, 0.2) is 18.3 Å². The van der Waals surface area contributed by atoms with Gasteiger partial charge in [0.2, 0.25) is 0 Å². The van der Waals surface area contributed by atoms with Gasteiger partial charge in [0.1, 0.15) is 0 Å².